The lowest BCUT2D eigenvalue weighted by atomic mass is 10.1. The fraction of sp³-hybridized carbons (Fsp3) is 0.273. The van der Waals surface area contributed by atoms with Gasteiger partial charge in [-0.2, -0.15) is 5.21 Å². The van der Waals surface area contributed by atoms with Gasteiger partial charge in [-0.3, -0.25) is 4.79 Å². The van der Waals surface area contributed by atoms with E-state index in [9.17, 15) is 4.79 Å². The summed E-state index contributed by atoms with van der Waals surface area (Å²) in [5, 5.41) is 16.6. The lowest BCUT2D eigenvalue weighted by molar-refractivity contribution is 0.0951. The number of benzene rings is 1. The van der Waals surface area contributed by atoms with E-state index >= 15 is 0 Å². The van der Waals surface area contributed by atoms with Gasteiger partial charge in [0.1, 0.15) is 0 Å². The summed E-state index contributed by atoms with van der Waals surface area (Å²) in [5.41, 5.74) is 1.49. The Bertz CT molecular complexity index is 515. The summed E-state index contributed by atoms with van der Waals surface area (Å²) < 4.78 is 0. The van der Waals surface area contributed by atoms with Crippen LogP contribution in [0.3, 0.4) is 0 Å². The molecule has 1 aromatic heterocycles. The van der Waals surface area contributed by atoms with E-state index in [1.54, 1.807) is 12.1 Å². The largest absolute Gasteiger partial charge is 0.349 e. The van der Waals surface area contributed by atoms with E-state index in [1.165, 1.54) is 0 Å². The monoisotopic (exact) mass is 229 g/mol. The van der Waals surface area contributed by atoms with Crippen LogP contribution in [0.15, 0.2) is 24.3 Å². The van der Waals surface area contributed by atoms with Crippen molar-refractivity contribution in [3.05, 3.63) is 29.8 Å². The lowest BCUT2D eigenvalue weighted by Gasteiger charge is -2.03. The van der Waals surface area contributed by atoms with E-state index in [0.29, 0.717) is 17.4 Å². The average molecular weight is 229 g/mol. The van der Waals surface area contributed by atoms with Crippen molar-refractivity contribution >= 4 is 5.91 Å². The molecule has 1 heterocycles. The first-order chi connectivity index (χ1) is 8.33. The zero-order chi connectivity index (χ0) is 11.7. The summed E-state index contributed by atoms with van der Waals surface area (Å²) >= 11 is 0. The number of amides is 1. The molecule has 86 valence electrons. The second-order valence-electron chi connectivity index (χ2n) is 4.06. The first-order valence-corrected chi connectivity index (χ1v) is 5.48. The number of hydrogen-bond acceptors (Lipinski definition) is 4. The third kappa shape index (κ3) is 2.15. The molecule has 0 unspecified atom stereocenters. The molecule has 0 spiro atoms. The Morgan fingerprint density at radius 1 is 1.29 bits per heavy atom. The molecule has 6 heteroatoms. The normalized spacial score (nSPS) is 14.6. The van der Waals surface area contributed by atoms with Gasteiger partial charge in [-0.1, -0.05) is 12.1 Å². The molecule has 2 aromatic rings. The van der Waals surface area contributed by atoms with Crippen molar-refractivity contribution in [2.75, 3.05) is 0 Å². The Balaban J connectivity index is 1.77. The van der Waals surface area contributed by atoms with Crippen molar-refractivity contribution < 1.29 is 4.79 Å². The summed E-state index contributed by atoms with van der Waals surface area (Å²) in [4.78, 5) is 11.7. The fourth-order valence-corrected chi connectivity index (χ4v) is 1.55. The number of H-pyrrole nitrogens is 1. The van der Waals surface area contributed by atoms with Crippen LogP contribution in [0.2, 0.25) is 0 Å². The molecule has 1 saturated carbocycles. The first-order valence-electron chi connectivity index (χ1n) is 5.48. The van der Waals surface area contributed by atoms with E-state index in [-0.39, 0.29) is 5.91 Å². The van der Waals surface area contributed by atoms with Crippen LogP contribution in [0.1, 0.15) is 23.2 Å². The Labute approximate surface area is 97.4 Å². The van der Waals surface area contributed by atoms with Crippen molar-refractivity contribution in [3.8, 4) is 11.4 Å². The van der Waals surface area contributed by atoms with Gasteiger partial charge in [-0.25, -0.2) is 0 Å². The number of tetrazole rings is 1. The predicted octanol–water partition coefficient (Wildman–Crippen LogP) is 0.759. The zero-order valence-electron chi connectivity index (χ0n) is 9.05. The SMILES string of the molecule is O=C(NC1CC1)c1ccc(-c2nn[nH]n2)cc1. The summed E-state index contributed by atoms with van der Waals surface area (Å²) in [7, 11) is 0. The number of hydrogen-bond donors (Lipinski definition) is 2. The minimum absolute atomic E-state index is 0.0211. The molecule has 0 bridgehead atoms. The van der Waals surface area contributed by atoms with Gasteiger partial charge in [0.25, 0.3) is 5.91 Å². The average Bonchev–Trinajstić information content (AvgIpc) is 3.00. The molecule has 0 radical (unpaired) electrons. The summed E-state index contributed by atoms with van der Waals surface area (Å²) in [5.74, 6) is 0.506. The Morgan fingerprint density at radius 2 is 2.06 bits per heavy atom. The van der Waals surface area contributed by atoms with Gasteiger partial charge in [0.2, 0.25) is 5.82 Å². The molecule has 1 amide bonds. The Hall–Kier alpha value is -2.24. The van der Waals surface area contributed by atoms with Crippen molar-refractivity contribution in [1.82, 2.24) is 25.9 Å². The van der Waals surface area contributed by atoms with Crippen LogP contribution in [-0.2, 0) is 0 Å². The van der Waals surface area contributed by atoms with Crippen LogP contribution in [0.25, 0.3) is 11.4 Å². The highest BCUT2D eigenvalue weighted by Gasteiger charge is 2.23. The number of aromatic amines is 1. The number of carbonyl (C=O) groups excluding carboxylic acids is 1. The molecule has 1 aliphatic rings. The summed E-state index contributed by atoms with van der Waals surface area (Å²) in [6.45, 7) is 0. The Kier molecular flexibility index (Phi) is 2.32. The van der Waals surface area contributed by atoms with Gasteiger partial charge in [0.15, 0.2) is 0 Å². The Morgan fingerprint density at radius 3 is 2.65 bits per heavy atom. The molecule has 3 rings (SSSR count). The highest BCUT2D eigenvalue weighted by Crippen LogP contribution is 2.20. The number of rotatable bonds is 3. The third-order valence-electron chi connectivity index (χ3n) is 2.66. The third-order valence-corrected chi connectivity index (χ3v) is 2.66. The standard InChI is InChI=1S/C11H11N5O/c17-11(12-9-5-6-9)8-3-1-7(2-4-8)10-13-15-16-14-10/h1-4,9H,5-6H2,(H,12,17)(H,13,14,15,16). The van der Waals surface area contributed by atoms with E-state index < -0.39 is 0 Å². The summed E-state index contributed by atoms with van der Waals surface area (Å²) in [6, 6.07) is 7.53. The second-order valence-corrected chi connectivity index (χ2v) is 4.06. The molecule has 17 heavy (non-hydrogen) atoms. The first kappa shape index (κ1) is 9.95. The number of aromatic nitrogens is 4. The van der Waals surface area contributed by atoms with Gasteiger partial charge in [-0.05, 0) is 30.2 Å². The van der Waals surface area contributed by atoms with E-state index in [1.807, 2.05) is 12.1 Å². The molecule has 0 aliphatic heterocycles. The van der Waals surface area contributed by atoms with Gasteiger partial charge in [0, 0.05) is 17.2 Å². The molecular formula is C11H11N5O. The predicted molar refractivity (Wildman–Crippen MR) is 60.1 cm³/mol. The van der Waals surface area contributed by atoms with Crippen molar-refractivity contribution in [2.24, 2.45) is 0 Å². The van der Waals surface area contributed by atoms with Crippen LogP contribution in [-0.4, -0.2) is 32.6 Å². The van der Waals surface area contributed by atoms with Gasteiger partial charge in [-0.15, -0.1) is 10.2 Å². The summed E-state index contributed by atoms with van der Waals surface area (Å²) in [6.07, 6.45) is 2.18. The highest BCUT2D eigenvalue weighted by molar-refractivity contribution is 5.94. The molecular weight excluding hydrogens is 218 g/mol. The maximum absolute atomic E-state index is 11.7. The van der Waals surface area contributed by atoms with E-state index in [0.717, 1.165) is 18.4 Å². The van der Waals surface area contributed by atoms with E-state index in [2.05, 4.69) is 25.9 Å². The van der Waals surface area contributed by atoms with Crippen LogP contribution in [0, 0.1) is 0 Å². The zero-order valence-corrected chi connectivity index (χ0v) is 9.05. The number of carbonyl (C=O) groups is 1. The van der Waals surface area contributed by atoms with Gasteiger partial charge in [0.05, 0.1) is 0 Å². The molecule has 6 nitrogen and oxygen atoms in total. The van der Waals surface area contributed by atoms with Gasteiger partial charge < -0.3 is 5.32 Å². The van der Waals surface area contributed by atoms with Crippen LogP contribution in [0.5, 0.6) is 0 Å². The quantitative estimate of drug-likeness (QED) is 0.813. The minimum atomic E-state index is -0.0211. The topological polar surface area (TPSA) is 83.6 Å². The molecule has 0 saturated heterocycles. The van der Waals surface area contributed by atoms with Crippen LogP contribution >= 0.6 is 0 Å². The molecule has 0 atom stereocenters. The fourth-order valence-electron chi connectivity index (χ4n) is 1.55. The second kappa shape index (κ2) is 3.97. The minimum Gasteiger partial charge on any atom is -0.349 e. The van der Waals surface area contributed by atoms with Crippen molar-refractivity contribution in [1.29, 1.82) is 0 Å². The smallest absolute Gasteiger partial charge is 0.251 e. The van der Waals surface area contributed by atoms with Gasteiger partial charge >= 0.3 is 0 Å². The molecule has 1 aliphatic carbocycles. The molecule has 1 fully saturated rings. The highest BCUT2D eigenvalue weighted by atomic mass is 16.1. The lowest BCUT2D eigenvalue weighted by Crippen LogP contribution is -2.25. The number of nitrogens with zero attached hydrogens (tertiary/aromatic N) is 3. The van der Waals surface area contributed by atoms with Crippen molar-refractivity contribution in [3.63, 3.8) is 0 Å². The maximum Gasteiger partial charge on any atom is 0.251 e. The molecule has 2 N–H and O–H groups in total. The molecule has 1 aromatic carbocycles. The van der Waals surface area contributed by atoms with Crippen LogP contribution in [0.4, 0.5) is 0 Å². The maximum atomic E-state index is 11.7. The van der Waals surface area contributed by atoms with Crippen LogP contribution < -0.4 is 5.32 Å². The van der Waals surface area contributed by atoms with Crippen molar-refractivity contribution in [2.45, 2.75) is 18.9 Å². The number of nitrogens with one attached hydrogen (secondary N) is 2. The van der Waals surface area contributed by atoms with E-state index in [4.69, 9.17) is 0 Å².